The molecule has 110 valence electrons. The number of rotatable bonds is 6. The molecule has 3 N–H and O–H groups in total. The SMILES string of the molecule is CC(CCCNC(=O)Nc1cc(Br)ccc1F)C(=O)O. The molecule has 0 spiro atoms. The third kappa shape index (κ3) is 5.56. The van der Waals surface area contributed by atoms with Crippen molar-refractivity contribution >= 4 is 33.6 Å². The fraction of sp³-hybridized carbons (Fsp3) is 0.385. The number of carbonyl (C=O) groups excluding carboxylic acids is 1. The standard InChI is InChI=1S/C13H16BrFN2O3/c1-8(12(18)19)3-2-6-16-13(20)17-11-7-9(14)4-5-10(11)15/h4-5,7-8H,2-3,6H2,1H3,(H,18,19)(H2,16,17,20). The van der Waals surface area contributed by atoms with Gasteiger partial charge < -0.3 is 15.7 Å². The monoisotopic (exact) mass is 346 g/mol. The number of urea groups is 1. The summed E-state index contributed by atoms with van der Waals surface area (Å²) in [5.74, 6) is -1.82. The molecule has 0 bridgehead atoms. The highest BCUT2D eigenvalue weighted by molar-refractivity contribution is 9.10. The molecule has 1 aromatic carbocycles. The second kappa shape index (κ2) is 7.84. The van der Waals surface area contributed by atoms with Gasteiger partial charge >= 0.3 is 12.0 Å². The summed E-state index contributed by atoms with van der Waals surface area (Å²) in [5, 5.41) is 13.6. The largest absolute Gasteiger partial charge is 0.481 e. The molecule has 1 atom stereocenters. The van der Waals surface area contributed by atoms with E-state index < -0.39 is 23.7 Å². The summed E-state index contributed by atoms with van der Waals surface area (Å²) in [4.78, 5) is 22.1. The van der Waals surface area contributed by atoms with E-state index in [0.29, 0.717) is 23.9 Å². The highest BCUT2D eigenvalue weighted by Crippen LogP contribution is 2.19. The maximum Gasteiger partial charge on any atom is 0.319 e. The number of aliphatic carboxylic acids is 1. The first kappa shape index (κ1) is 16.4. The lowest BCUT2D eigenvalue weighted by Gasteiger charge is -2.09. The summed E-state index contributed by atoms with van der Waals surface area (Å²) in [6, 6.07) is 3.71. The topological polar surface area (TPSA) is 78.4 Å². The molecule has 20 heavy (non-hydrogen) atoms. The number of carboxylic acids is 1. The van der Waals surface area contributed by atoms with Crippen molar-refractivity contribution in [2.45, 2.75) is 19.8 Å². The van der Waals surface area contributed by atoms with Crippen molar-refractivity contribution in [3.8, 4) is 0 Å². The first-order valence-corrected chi connectivity index (χ1v) is 6.92. The zero-order chi connectivity index (χ0) is 15.1. The van der Waals surface area contributed by atoms with Crippen LogP contribution in [-0.4, -0.2) is 23.7 Å². The third-order valence-electron chi connectivity index (χ3n) is 2.70. The molecule has 0 radical (unpaired) electrons. The van der Waals surface area contributed by atoms with Gasteiger partial charge in [-0.15, -0.1) is 0 Å². The van der Waals surface area contributed by atoms with Gasteiger partial charge in [0.2, 0.25) is 0 Å². The highest BCUT2D eigenvalue weighted by Gasteiger charge is 2.10. The summed E-state index contributed by atoms with van der Waals surface area (Å²) in [5.41, 5.74) is 0.0794. The number of hydrogen-bond donors (Lipinski definition) is 3. The fourth-order valence-electron chi connectivity index (χ4n) is 1.49. The molecular formula is C13H16BrFN2O3. The van der Waals surface area contributed by atoms with Gasteiger partial charge in [-0.3, -0.25) is 4.79 Å². The van der Waals surface area contributed by atoms with E-state index in [4.69, 9.17) is 5.11 Å². The molecule has 7 heteroatoms. The van der Waals surface area contributed by atoms with Crippen LogP contribution >= 0.6 is 15.9 Å². The molecule has 1 rings (SSSR count). The predicted molar refractivity (Wildman–Crippen MR) is 77.2 cm³/mol. The summed E-state index contributed by atoms with van der Waals surface area (Å²) in [6.45, 7) is 1.94. The molecule has 0 aromatic heterocycles. The van der Waals surface area contributed by atoms with Crippen molar-refractivity contribution in [3.63, 3.8) is 0 Å². The lowest BCUT2D eigenvalue weighted by Crippen LogP contribution is -2.30. The van der Waals surface area contributed by atoms with Crippen LogP contribution in [0, 0.1) is 11.7 Å². The van der Waals surface area contributed by atoms with Gasteiger partial charge in [-0.2, -0.15) is 0 Å². The number of carbonyl (C=O) groups is 2. The van der Waals surface area contributed by atoms with E-state index in [-0.39, 0.29) is 5.69 Å². The van der Waals surface area contributed by atoms with E-state index in [0.717, 1.165) is 0 Å². The molecule has 0 aliphatic carbocycles. The van der Waals surface area contributed by atoms with Crippen molar-refractivity contribution < 1.29 is 19.1 Å². The Balaban J connectivity index is 2.34. The normalized spacial score (nSPS) is 11.8. The van der Waals surface area contributed by atoms with Gasteiger partial charge in [0.15, 0.2) is 0 Å². The van der Waals surface area contributed by atoms with Crippen LogP contribution in [0.15, 0.2) is 22.7 Å². The van der Waals surface area contributed by atoms with Crippen molar-refractivity contribution in [3.05, 3.63) is 28.5 Å². The van der Waals surface area contributed by atoms with Crippen LogP contribution in [0.5, 0.6) is 0 Å². The summed E-state index contributed by atoms with van der Waals surface area (Å²) >= 11 is 3.19. The average Bonchev–Trinajstić information content (AvgIpc) is 2.38. The molecule has 0 fully saturated rings. The Morgan fingerprint density at radius 3 is 2.80 bits per heavy atom. The number of halogens is 2. The van der Waals surface area contributed by atoms with Gasteiger partial charge in [-0.1, -0.05) is 22.9 Å². The molecular weight excluding hydrogens is 331 g/mol. The Hall–Kier alpha value is -1.63. The summed E-state index contributed by atoms with van der Waals surface area (Å²) in [6.07, 6.45) is 1.02. The van der Waals surface area contributed by atoms with Gasteiger partial charge in [0.05, 0.1) is 11.6 Å². The Morgan fingerprint density at radius 2 is 2.15 bits per heavy atom. The van der Waals surface area contributed by atoms with Gasteiger partial charge in [0, 0.05) is 11.0 Å². The van der Waals surface area contributed by atoms with Crippen molar-refractivity contribution in [1.29, 1.82) is 0 Å². The van der Waals surface area contributed by atoms with E-state index in [1.807, 2.05) is 0 Å². The Morgan fingerprint density at radius 1 is 1.45 bits per heavy atom. The Kier molecular flexibility index (Phi) is 6.44. The molecule has 1 aromatic rings. The van der Waals surface area contributed by atoms with Gasteiger partial charge in [-0.25, -0.2) is 9.18 Å². The minimum atomic E-state index is -0.856. The van der Waals surface area contributed by atoms with Crippen LogP contribution in [0.1, 0.15) is 19.8 Å². The van der Waals surface area contributed by atoms with E-state index in [1.165, 1.54) is 18.2 Å². The molecule has 0 aliphatic heterocycles. The zero-order valence-electron chi connectivity index (χ0n) is 11.0. The number of benzene rings is 1. The van der Waals surface area contributed by atoms with E-state index in [9.17, 15) is 14.0 Å². The number of amides is 2. The molecule has 0 saturated heterocycles. The quantitative estimate of drug-likeness (QED) is 0.692. The van der Waals surface area contributed by atoms with Crippen LogP contribution in [0.25, 0.3) is 0 Å². The van der Waals surface area contributed by atoms with Crippen LogP contribution < -0.4 is 10.6 Å². The zero-order valence-corrected chi connectivity index (χ0v) is 12.5. The molecule has 0 aliphatic rings. The van der Waals surface area contributed by atoms with Crippen molar-refractivity contribution in [2.75, 3.05) is 11.9 Å². The summed E-state index contributed by atoms with van der Waals surface area (Å²) in [7, 11) is 0. The van der Waals surface area contributed by atoms with Gasteiger partial charge in [-0.05, 0) is 31.0 Å². The highest BCUT2D eigenvalue weighted by atomic mass is 79.9. The molecule has 0 saturated carbocycles. The van der Waals surface area contributed by atoms with E-state index >= 15 is 0 Å². The maximum absolute atomic E-state index is 13.4. The lowest BCUT2D eigenvalue weighted by molar-refractivity contribution is -0.141. The third-order valence-corrected chi connectivity index (χ3v) is 3.19. The first-order chi connectivity index (χ1) is 9.40. The van der Waals surface area contributed by atoms with Crippen LogP contribution in [0.2, 0.25) is 0 Å². The molecule has 5 nitrogen and oxygen atoms in total. The van der Waals surface area contributed by atoms with Gasteiger partial charge in [0.25, 0.3) is 0 Å². The van der Waals surface area contributed by atoms with Gasteiger partial charge in [0.1, 0.15) is 5.82 Å². The lowest BCUT2D eigenvalue weighted by atomic mass is 10.1. The molecule has 0 heterocycles. The fourth-order valence-corrected chi connectivity index (χ4v) is 1.85. The van der Waals surface area contributed by atoms with Crippen LogP contribution in [0.3, 0.4) is 0 Å². The number of carboxylic acid groups (broad SMARTS) is 1. The number of hydrogen-bond acceptors (Lipinski definition) is 2. The smallest absolute Gasteiger partial charge is 0.319 e. The van der Waals surface area contributed by atoms with E-state index in [1.54, 1.807) is 6.92 Å². The second-order valence-electron chi connectivity index (χ2n) is 4.39. The minimum absolute atomic E-state index is 0.0794. The van der Waals surface area contributed by atoms with Crippen LogP contribution in [-0.2, 0) is 4.79 Å². The second-order valence-corrected chi connectivity index (χ2v) is 5.30. The molecule has 1 unspecified atom stereocenters. The minimum Gasteiger partial charge on any atom is -0.481 e. The average molecular weight is 347 g/mol. The number of nitrogens with one attached hydrogen (secondary N) is 2. The summed E-state index contributed by atoms with van der Waals surface area (Å²) < 4.78 is 14.0. The maximum atomic E-state index is 13.4. The predicted octanol–water partition coefficient (Wildman–Crippen LogP) is 3.21. The van der Waals surface area contributed by atoms with Crippen molar-refractivity contribution in [2.24, 2.45) is 5.92 Å². The van der Waals surface area contributed by atoms with Crippen molar-refractivity contribution in [1.82, 2.24) is 5.32 Å². The Bertz CT molecular complexity index is 497. The number of anilines is 1. The first-order valence-electron chi connectivity index (χ1n) is 6.13. The van der Waals surface area contributed by atoms with E-state index in [2.05, 4.69) is 26.6 Å². The molecule has 2 amide bonds. The Labute approximate surface area is 124 Å². The van der Waals surface area contributed by atoms with Crippen LogP contribution in [0.4, 0.5) is 14.9 Å².